The zero-order chi connectivity index (χ0) is 15.5. The van der Waals surface area contributed by atoms with Crippen molar-refractivity contribution in [1.29, 1.82) is 0 Å². The van der Waals surface area contributed by atoms with Gasteiger partial charge in [-0.3, -0.25) is 4.79 Å². The molecule has 0 saturated heterocycles. The molecule has 1 aliphatic carbocycles. The van der Waals surface area contributed by atoms with Crippen LogP contribution in [0.4, 0.5) is 4.39 Å². The van der Waals surface area contributed by atoms with E-state index in [1.54, 1.807) is 18.2 Å². The first-order valence-electron chi connectivity index (χ1n) is 7.19. The Bertz CT molecular complexity index is 684. The number of carbonyl (C=O) groups excluding carboxylic acids is 1. The van der Waals surface area contributed by atoms with Gasteiger partial charge in [-0.05, 0) is 25.8 Å². The number of rotatable bonds is 6. The van der Waals surface area contributed by atoms with Gasteiger partial charge in [0.15, 0.2) is 5.16 Å². The minimum atomic E-state index is -0.306. The summed E-state index contributed by atoms with van der Waals surface area (Å²) in [7, 11) is 0. The lowest BCUT2D eigenvalue weighted by Gasteiger charge is -2.07. The first-order chi connectivity index (χ1) is 10.6. The van der Waals surface area contributed by atoms with Crippen molar-refractivity contribution in [2.75, 3.05) is 5.75 Å². The highest BCUT2D eigenvalue weighted by Crippen LogP contribution is 2.38. The van der Waals surface area contributed by atoms with E-state index in [0.29, 0.717) is 11.6 Å². The number of thioether (sulfide) groups is 1. The highest BCUT2D eigenvalue weighted by Gasteiger charge is 2.28. The van der Waals surface area contributed by atoms with Gasteiger partial charge in [0.1, 0.15) is 11.6 Å². The Hall–Kier alpha value is -1.89. The van der Waals surface area contributed by atoms with Gasteiger partial charge >= 0.3 is 0 Å². The molecule has 1 saturated carbocycles. The van der Waals surface area contributed by atoms with Crippen molar-refractivity contribution in [3.8, 4) is 0 Å². The van der Waals surface area contributed by atoms with E-state index < -0.39 is 0 Å². The Morgan fingerprint density at radius 2 is 2.18 bits per heavy atom. The van der Waals surface area contributed by atoms with Crippen molar-refractivity contribution in [2.24, 2.45) is 0 Å². The van der Waals surface area contributed by atoms with Crippen LogP contribution in [-0.2, 0) is 11.3 Å². The summed E-state index contributed by atoms with van der Waals surface area (Å²) in [5.74, 6) is 0.687. The number of nitrogens with zero attached hydrogens (tertiary/aromatic N) is 3. The van der Waals surface area contributed by atoms with Gasteiger partial charge in [-0.1, -0.05) is 30.0 Å². The summed E-state index contributed by atoms with van der Waals surface area (Å²) in [4.78, 5) is 11.9. The maximum Gasteiger partial charge on any atom is 0.230 e. The van der Waals surface area contributed by atoms with Crippen LogP contribution in [0.2, 0.25) is 0 Å². The predicted octanol–water partition coefficient (Wildman–Crippen LogP) is 2.47. The number of aryl methyl sites for hydroxylation is 1. The van der Waals surface area contributed by atoms with Crippen LogP contribution in [0.25, 0.3) is 0 Å². The minimum absolute atomic E-state index is 0.142. The molecule has 0 unspecified atom stereocenters. The van der Waals surface area contributed by atoms with Crippen LogP contribution in [0.15, 0.2) is 29.4 Å². The highest BCUT2D eigenvalue weighted by atomic mass is 32.2. The fourth-order valence-corrected chi connectivity index (χ4v) is 3.10. The third-order valence-electron chi connectivity index (χ3n) is 3.51. The molecule has 0 bridgehead atoms. The van der Waals surface area contributed by atoms with Gasteiger partial charge < -0.3 is 9.88 Å². The molecule has 7 heteroatoms. The summed E-state index contributed by atoms with van der Waals surface area (Å²) in [6.07, 6.45) is 2.29. The topological polar surface area (TPSA) is 59.8 Å². The summed E-state index contributed by atoms with van der Waals surface area (Å²) in [6, 6.07) is 6.91. The molecule has 22 heavy (non-hydrogen) atoms. The Morgan fingerprint density at radius 1 is 1.41 bits per heavy atom. The molecule has 5 nitrogen and oxygen atoms in total. The van der Waals surface area contributed by atoms with Crippen LogP contribution in [0.3, 0.4) is 0 Å². The van der Waals surface area contributed by atoms with Crippen molar-refractivity contribution >= 4 is 17.7 Å². The second-order valence-corrected chi connectivity index (χ2v) is 6.23. The van der Waals surface area contributed by atoms with Crippen molar-refractivity contribution < 1.29 is 9.18 Å². The zero-order valence-corrected chi connectivity index (χ0v) is 13.1. The summed E-state index contributed by atoms with van der Waals surface area (Å²) in [5, 5.41) is 11.7. The number of benzene rings is 1. The summed E-state index contributed by atoms with van der Waals surface area (Å²) in [5.41, 5.74) is 0.484. The summed E-state index contributed by atoms with van der Waals surface area (Å²) >= 11 is 1.37. The molecule has 1 aromatic carbocycles. The van der Waals surface area contributed by atoms with Crippen molar-refractivity contribution in [1.82, 2.24) is 20.1 Å². The van der Waals surface area contributed by atoms with Crippen LogP contribution in [0, 0.1) is 12.7 Å². The van der Waals surface area contributed by atoms with Crippen LogP contribution in [0.1, 0.15) is 30.3 Å². The van der Waals surface area contributed by atoms with Gasteiger partial charge in [0, 0.05) is 18.2 Å². The molecular formula is C15H17FN4OS. The SMILES string of the molecule is Cc1nnc(SCC(=O)NCc2ccccc2F)n1C1CC1. The van der Waals surface area contributed by atoms with E-state index in [-0.39, 0.29) is 24.0 Å². The summed E-state index contributed by atoms with van der Waals surface area (Å²) < 4.78 is 15.6. The van der Waals surface area contributed by atoms with Gasteiger partial charge in [-0.2, -0.15) is 0 Å². The molecular weight excluding hydrogens is 303 g/mol. The lowest BCUT2D eigenvalue weighted by Crippen LogP contribution is -2.25. The fourth-order valence-electron chi connectivity index (χ4n) is 2.22. The molecule has 0 spiro atoms. The smallest absolute Gasteiger partial charge is 0.230 e. The standard InChI is InChI=1S/C15H17FN4OS/c1-10-18-19-15(20(10)12-6-7-12)22-9-14(21)17-8-11-4-2-3-5-13(11)16/h2-5,12H,6-9H2,1H3,(H,17,21). The number of halogens is 1. The summed E-state index contributed by atoms with van der Waals surface area (Å²) in [6.45, 7) is 2.12. The lowest BCUT2D eigenvalue weighted by atomic mass is 10.2. The molecule has 1 fully saturated rings. The van der Waals surface area contributed by atoms with Crippen molar-refractivity contribution in [2.45, 2.75) is 37.5 Å². The zero-order valence-electron chi connectivity index (χ0n) is 12.3. The number of hydrogen-bond donors (Lipinski definition) is 1. The fraction of sp³-hybridized carbons (Fsp3) is 0.400. The molecule has 0 atom stereocenters. The first-order valence-corrected chi connectivity index (χ1v) is 8.18. The molecule has 1 aliphatic rings. The van der Waals surface area contributed by atoms with E-state index in [2.05, 4.69) is 20.1 Å². The molecule has 0 aliphatic heterocycles. The third-order valence-corrected chi connectivity index (χ3v) is 4.46. The predicted molar refractivity (Wildman–Crippen MR) is 82.0 cm³/mol. The molecule has 1 amide bonds. The van der Waals surface area contributed by atoms with E-state index in [0.717, 1.165) is 23.8 Å². The molecule has 2 aromatic rings. The maximum absolute atomic E-state index is 13.5. The monoisotopic (exact) mass is 320 g/mol. The average molecular weight is 320 g/mol. The Kier molecular flexibility index (Phi) is 4.42. The van der Waals surface area contributed by atoms with Gasteiger partial charge in [0.05, 0.1) is 5.75 Å². The van der Waals surface area contributed by atoms with E-state index in [4.69, 9.17) is 0 Å². The van der Waals surface area contributed by atoms with Gasteiger partial charge in [-0.15, -0.1) is 10.2 Å². The van der Waals surface area contributed by atoms with E-state index in [1.165, 1.54) is 17.8 Å². The Labute approximate surface area is 132 Å². The van der Waals surface area contributed by atoms with E-state index in [1.807, 2.05) is 6.92 Å². The lowest BCUT2D eigenvalue weighted by molar-refractivity contribution is -0.118. The van der Waals surface area contributed by atoms with E-state index >= 15 is 0 Å². The first kappa shape index (κ1) is 15.0. The second kappa shape index (κ2) is 6.48. The number of hydrogen-bond acceptors (Lipinski definition) is 4. The van der Waals surface area contributed by atoms with Gasteiger partial charge in [0.25, 0.3) is 0 Å². The highest BCUT2D eigenvalue weighted by molar-refractivity contribution is 7.99. The molecule has 3 rings (SSSR count). The van der Waals surface area contributed by atoms with Crippen LogP contribution in [-0.4, -0.2) is 26.4 Å². The molecule has 116 valence electrons. The molecule has 0 radical (unpaired) electrons. The average Bonchev–Trinajstić information content (AvgIpc) is 3.27. The quantitative estimate of drug-likeness (QED) is 0.831. The molecule has 1 heterocycles. The van der Waals surface area contributed by atoms with Crippen molar-refractivity contribution in [3.63, 3.8) is 0 Å². The van der Waals surface area contributed by atoms with Gasteiger partial charge in [0.2, 0.25) is 5.91 Å². The molecule has 1 N–H and O–H groups in total. The number of amides is 1. The normalized spacial score (nSPS) is 14.1. The third kappa shape index (κ3) is 3.47. The van der Waals surface area contributed by atoms with Crippen LogP contribution < -0.4 is 5.32 Å². The second-order valence-electron chi connectivity index (χ2n) is 5.29. The van der Waals surface area contributed by atoms with Gasteiger partial charge in [-0.25, -0.2) is 4.39 Å². The number of nitrogens with one attached hydrogen (secondary N) is 1. The molecule has 1 aromatic heterocycles. The van der Waals surface area contributed by atoms with Crippen LogP contribution in [0.5, 0.6) is 0 Å². The Balaban J connectivity index is 1.52. The maximum atomic E-state index is 13.5. The largest absolute Gasteiger partial charge is 0.351 e. The number of aromatic nitrogens is 3. The van der Waals surface area contributed by atoms with E-state index in [9.17, 15) is 9.18 Å². The van der Waals surface area contributed by atoms with Crippen molar-refractivity contribution in [3.05, 3.63) is 41.5 Å². The Morgan fingerprint density at radius 3 is 2.91 bits per heavy atom. The number of carbonyl (C=O) groups is 1. The minimum Gasteiger partial charge on any atom is -0.351 e. The van der Waals surface area contributed by atoms with Crippen LogP contribution >= 0.6 is 11.8 Å².